The summed E-state index contributed by atoms with van der Waals surface area (Å²) in [6.07, 6.45) is 4.71. The zero-order valence-electron chi connectivity index (χ0n) is 10.5. The van der Waals surface area contributed by atoms with Crippen molar-refractivity contribution in [3.05, 3.63) is 0 Å². The Morgan fingerprint density at radius 2 is 1.94 bits per heavy atom. The summed E-state index contributed by atoms with van der Waals surface area (Å²) in [5, 5.41) is 4.28. The summed E-state index contributed by atoms with van der Waals surface area (Å²) >= 11 is 0. The third-order valence-electron chi connectivity index (χ3n) is 3.00. The van der Waals surface area contributed by atoms with Crippen molar-refractivity contribution in [2.75, 3.05) is 35.7 Å². The fourth-order valence-electron chi connectivity index (χ4n) is 1.99. The van der Waals surface area contributed by atoms with E-state index < -0.39 is 9.84 Å². The quantitative estimate of drug-likeness (QED) is 0.823. The van der Waals surface area contributed by atoms with Gasteiger partial charge in [-0.1, -0.05) is 0 Å². The monoisotopic (exact) mass is 273 g/mol. The predicted molar refractivity (Wildman–Crippen MR) is 70.2 cm³/mol. The summed E-state index contributed by atoms with van der Waals surface area (Å²) < 4.78 is 23.7. The summed E-state index contributed by atoms with van der Waals surface area (Å²) in [6.45, 7) is 2.14. The van der Waals surface area contributed by atoms with Crippen LogP contribution in [0.5, 0.6) is 0 Å². The molecule has 102 valence electrons. The Hall–Kier alpha value is -1.31. The van der Waals surface area contributed by atoms with Crippen molar-refractivity contribution in [3.63, 3.8) is 0 Å². The highest BCUT2D eigenvalue weighted by atomic mass is 32.2. The van der Waals surface area contributed by atoms with E-state index in [0.717, 1.165) is 25.9 Å². The van der Waals surface area contributed by atoms with Crippen LogP contribution in [-0.2, 0) is 16.4 Å². The minimum absolute atomic E-state index is 0.0278. The molecule has 1 saturated heterocycles. The van der Waals surface area contributed by atoms with E-state index in [4.69, 9.17) is 5.73 Å². The lowest BCUT2D eigenvalue weighted by Gasteiger charge is -2.24. The summed E-state index contributed by atoms with van der Waals surface area (Å²) in [4.78, 5) is 6.29. The van der Waals surface area contributed by atoms with Crippen LogP contribution >= 0.6 is 0 Å². The van der Waals surface area contributed by atoms with E-state index in [1.165, 1.54) is 17.4 Å². The van der Waals surface area contributed by atoms with E-state index in [1.54, 1.807) is 0 Å². The van der Waals surface area contributed by atoms with Crippen LogP contribution in [-0.4, -0.2) is 48.3 Å². The molecule has 0 spiro atoms. The van der Waals surface area contributed by atoms with Gasteiger partial charge in [0.1, 0.15) is 9.84 Å². The van der Waals surface area contributed by atoms with E-state index in [9.17, 15) is 8.42 Å². The topological polar surface area (TPSA) is 94.1 Å². The Labute approximate surface area is 107 Å². The standard InChI is InChI=1S/C10H19N5O2S/c1-18(16,17)8-7-15-9(11)12-10(13-15)14-5-3-2-4-6-14/h2-8H2,1H3,(H2,11,12,13). The molecule has 1 fully saturated rings. The van der Waals surface area contributed by atoms with Gasteiger partial charge in [0.25, 0.3) is 0 Å². The zero-order chi connectivity index (χ0) is 13.2. The highest BCUT2D eigenvalue weighted by Crippen LogP contribution is 2.17. The van der Waals surface area contributed by atoms with E-state index >= 15 is 0 Å². The molecular formula is C10H19N5O2S. The van der Waals surface area contributed by atoms with Crippen molar-refractivity contribution in [3.8, 4) is 0 Å². The zero-order valence-corrected chi connectivity index (χ0v) is 11.4. The predicted octanol–water partition coefficient (Wildman–Crippen LogP) is -0.105. The Morgan fingerprint density at radius 3 is 2.56 bits per heavy atom. The van der Waals surface area contributed by atoms with Gasteiger partial charge in [-0.25, -0.2) is 13.1 Å². The van der Waals surface area contributed by atoms with Gasteiger partial charge in [-0.2, -0.15) is 4.98 Å². The molecule has 0 bridgehead atoms. The normalized spacial score (nSPS) is 17.1. The lowest BCUT2D eigenvalue weighted by molar-refractivity contribution is 0.561. The van der Waals surface area contributed by atoms with Crippen LogP contribution < -0.4 is 10.6 Å². The maximum atomic E-state index is 11.1. The molecule has 8 heteroatoms. The molecule has 2 heterocycles. The number of hydrogen-bond acceptors (Lipinski definition) is 6. The Kier molecular flexibility index (Phi) is 3.74. The van der Waals surface area contributed by atoms with Crippen LogP contribution in [0.2, 0.25) is 0 Å². The second kappa shape index (κ2) is 5.13. The Balaban J connectivity index is 2.06. The minimum Gasteiger partial charge on any atom is -0.368 e. The second-order valence-electron chi connectivity index (χ2n) is 4.67. The number of rotatable bonds is 4. The maximum Gasteiger partial charge on any atom is 0.246 e. The van der Waals surface area contributed by atoms with Gasteiger partial charge in [0, 0.05) is 19.3 Å². The molecule has 2 N–H and O–H groups in total. The van der Waals surface area contributed by atoms with Crippen LogP contribution in [0.15, 0.2) is 0 Å². The highest BCUT2D eigenvalue weighted by Gasteiger charge is 2.17. The van der Waals surface area contributed by atoms with Gasteiger partial charge in [-0.3, -0.25) is 0 Å². The minimum atomic E-state index is -3.01. The van der Waals surface area contributed by atoms with Crippen molar-refractivity contribution in [2.24, 2.45) is 0 Å². The summed E-state index contributed by atoms with van der Waals surface area (Å²) in [5.74, 6) is 0.917. The molecule has 0 unspecified atom stereocenters. The fraction of sp³-hybridized carbons (Fsp3) is 0.800. The van der Waals surface area contributed by atoms with E-state index in [0.29, 0.717) is 5.95 Å². The van der Waals surface area contributed by atoms with Crippen molar-refractivity contribution in [1.29, 1.82) is 0 Å². The Bertz CT molecular complexity index is 504. The average molecular weight is 273 g/mol. The van der Waals surface area contributed by atoms with Crippen molar-refractivity contribution >= 4 is 21.7 Å². The van der Waals surface area contributed by atoms with Crippen LogP contribution in [0.25, 0.3) is 0 Å². The first-order valence-corrected chi connectivity index (χ1v) is 8.15. The SMILES string of the molecule is CS(=O)(=O)CCn1nc(N2CCCCC2)nc1N. The molecular weight excluding hydrogens is 254 g/mol. The van der Waals surface area contributed by atoms with Crippen LogP contribution in [0.4, 0.5) is 11.9 Å². The lowest BCUT2D eigenvalue weighted by Crippen LogP contribution is -2.30. The van der Waals surface area contributed by atoms with Gasteiger partial charge in [0.05, 0.1) is 12.3 Å². The number of sulfone groups is 1. The number of anilines is 2. The molecule has 0 aromatic carbocycles. The molecule has 0 saturated carbocycles. The van der Waals surface area contributed by atoms with Crippen LogP contribution in [0.3, 0.4) is 0 Å². The first-order valence-electron chi connectivity index (χ1n) is 6.09. The number of aromatic nitrogens is 3. The first-order chi connectivity index (χ1) is 8.46. The molecule has 0 radical (unpaired) electrons. The highest BCUT2D eigenvalue weighted by molar-refractivity contribution is 7.90. The molecule has 0 amide bonds. The van der Waals surface area contributed by atoms with Crippen molar-refractivity contribution in [2.45, 2.75) is 25.8 Å². The number of hydrogen-bond donors (Lipinski definition) is 1. The van der Waals surface area contributed by atoms with E-state index in [-0.39, 0.29) is 18.2 Å². The van der Waals surface area contributed by atoms with E-state index in [2.05, 4.69) is 15.0 Å². The number of nitrogens with two attached hydrogens (primary N) is 1. The summed E-state index contributed by atoms with van der Waals surface area (Å²) in [5.41, 5.74) is 5.75. The van der Waals surface area contributed by atoms with Gasteiger partial charge in [-0.05, 0) is 19.3 Å². The van der Waals surface area contributed by atoms with Gasteiger partial charge in [0.2, 0.25) is 11.9 Å². The average Bonchev–Trinajstić information content (AvgIpc) is 2.68. The molecule has 7 nitrogen and oxygen atoms in total. The van der Waals surface area contributed by atoms with Gasteiger partial charge >= 0.3 is 0 Å². The maximum absolute atomic E-state index is 11.1. The van der Waals surface area contributed by atoms with Gasteiger partial charge in [0.15, 0.2) is 0 Å². The largest absolute Gasteiger partial charge is 0.368 e. The third kappa shape index (κ3) is 3.34. The number of piperidine rings is 1. The molecule has 1 aromatic rings. The van der Waals surface area contributed by atoms with Crippen LogP contribution in [0, 0.1) is 0 Å². The number of nitrogen functional groups attached to an aromatic ring is 1. The fourth-order valence-corrected chi connectivity index (χ4v) is 2.49. The smallest absolute Gasteiger partial charge is 0.246 e. The molecule has 0 atom stereocenters. The summed E-state index contributed by atoms with van der Waals surface area (Å²) in [6, 6.07) is 0. The van der Waals surface area contributed by atoms with E-state index in [1.807, 2.05) is 0 Å². The molecule has 0 aliphatic carbocycles. The number of nitrogens with zero attached hydrogens (tertiary/aromatic N) is 4. The number of aryl methyl sites for hydroxylation is 1. The molecule has 1 aromatic heterocycles. The first kappa shape index (κ1) is 13.1. The van der Waals surface area contributed by atoms with Gasteiger partial charge in [-0.15, -0.1) is 5.10 Å². The van der Waals surface area contributed by atoms with Crippen molar-refractivity contribution < 1.29 is 8.42 Å². The third-order valence-corrected chi connectivity index (χ3v) is 3.93. The van der Waals surface area contributed by atoms with Crippen LogP contribution in [0.1, 0.15) is 19.3 Å². The molecule has 1 aliphatic rings. The summed E-state index contributed by atoms with van der Waals surface area (Å²) in [7, 11) is -3.01. The molecule has 2 rings (SSSR count). The Morgan fingerprint density at radius 1 is 1.28 bits per heavy atom. The lowest BCUT2D eigenvalue weighted by atomic mass is 10.1. The molecule has 18 heavy (non-hydrogen) atoms. The second-order valence-corrected chi connectivity index (χ2v) is 6.93. The van der Waals surface area contributed by atoms with Gasteiger partial charge < -0.3 is 10.6 Å². The van der Waals surface area contributed by atoms with Crippen molar-refractivity contribution in [1.82, 2.24) is 14.8 Å². The molecule has 1 aliphatic heterocycles.